The lowest BCUT2D eigenvalue weighted by Crippen LogP contribution is -2.31. The van der Waals surface area contributed by atoms with E-state index in [1.807, 2.05) is 32.2 Å². The second-order valence-electron chi connectivity index (χ2n) is 8.27. The zero-order valence-electron chi connectivity index (χ0n) is 18.2. The third kappa shape index (κ3) is 4.33. The normalized spacial score (nSPS) is 16.8. The molecule has 0 fully saturated rings. The first-order valence-corrected chi connectivity index (χ1v) is 13.3. The lowest BCUT2D eigenvalue weighted by atomic mass is 9.90. The number of aromatic nitrogens is 3. The molecule has 0 saturated carbocycles. The van der Waals surface area contributed by atoms with Crippen LogP contribution in [0.3, 0.4) is 0 Å². The largest absolute Gasteiger partial charge is 0.410 e. The molecule has 1 amide bonds. The van der Waals surface area contributed by atoms with E-state index in [9.17, 15) is 4.79 Å². The van der Waals surface area contributed by atoms with Crippen molar-refractivity contribution in [3.63, 3.8) is 0 Å². The highest BCUT2D eigenvalue weighted by Crippen LogP contribution is 2.37. The summed E-state index contributed by atoms with van der Waals surface area (Å²) in [5.74, 6) is 1.52. The first-order valence-electron chi connectivity index (χ1n) is 10.7. The number of hydrogen-bond acceptors (Lipinski definition) is 8. The van der Waals surface area contributed by atoms with Gasteiger partial charge >= 0.3 is 0 Å². The van der Waals surface area contributed by atoms with Gasteiger partial charge < -0.3 is 9.32 Å². The number of aryl methyl sites for hydroxylation is 1. The molecule has 6 nitrogen and oxygen atoms in total. The number of carbonyl (C=O) groups excluding carboxylic acids is 1. The van der Waals surface area contributed by atoms with Gasteiger partial charge in [-0.15, -0.1) is 32.9 Å². The van der Waals surface area contributed by atoms with E-state index in [2.05, 4.69) is 34.2 Å². The lowest BCUT2D eigenvalue weighted by Gasteiger charge is -2.22. The van der Waals surface area contributed by atoms with Crippen molar-refractivity contribution in [1.29, 1.82) is 0 Å². The summed E-state index contributed by atoms with van der Waals surface area (Å²) in [6.07, 6.45) is 3.49. The summed E-state index contributed by atoms with van der Waals surface area (Å²) >= 11 is 4.66. The number of benzene rings is 1. The van der Waals surface area contributed by atoms with Crippen LogP contribution in [0.15, 0.2) is 40.0 Å². The number of rotatable bonds is 6. The van der Waals surface area contributed by atoms with Gasteiger partial charge in [-0.2, -0.15) is 0 Å². The fraction of sp³-hybridized carbons (Fsp3) is 0.391. The van der Waals surface area contributed by atoms with Gasteiger partial charge in [0.1, 0.15) is 5.01 Å². The summed E-state index contributed by atoms with van der Waals surface area (Å²) in [5, 5.41) is 9.73. The summed E-state index contributed by atoms with van der Waals surface area (Å²) in [6.45, 7) is 4.30. The van der Waals surface area contributed by atoms with E-state index in [0.29, 0.717) is 11.1 Å². The van der Waals surface area contributed by atoms with Crippen molar-refractivity contribution < 1.29 is 9.21 Å². The van der Waals surface area contributed by atoms with Crippen molar-refractivity contribution in [2.24, 2.45) is 5.92 Å². The molecule has 5 rings (SSSR count). The van der Waals surface area contributed by atoms with Gasteiger partial charge in [0.15, 0.2) is 0 Å². The Morgan fingerprint density at radius 1 is 1.31 bits per heavy atom. The van der Waals surface area contributed by atoms with Crippen LogP contribution in [0.1, 0.15) is 41.8 Å². The number of carbonyl (C=O) groups is 1. The van der Waals surface area contributed by atoms with E-state index < -0.39 is 0 Å². The van der Waals surface area contributed by atoms with Gasteiger partial charge in [-0.3, -0.25) is 4.79 Å². The molecule has 0 unspecified atom stereocenters. The molecule has 32 heavy (non-hydrogen) atoms. The van der Waals surface area contributed by atoms with Gasteiger partial charge in [-0.25, -0.2) is 4.98 Å². The summed E-state index contributed by atoms with van der Waals surface area (Å²) in [4.78, 5) is 21.7. The van der Waals surface area contributed by atoms with Crippen LogP contribution < -0.4 is 0 Å². The quantitative estimate of drug-likeness (QED) is 0.320. The number of thiophene rings is 1. The topological polar surface area (TPSA) is 72.1 Å². The van der Waals surface area contributed by atoms with Gasteiger partial charge in [0.2, 0.25) is 5.91 Å². The molecule has 1 aliphatic rings. The Morgan fingerprint density at radius 2 is 2.16 bits per heavy atom. The Balaban J connectivity index is 1.21. The van der Waals surface area contributed by atoms with E-state index in [0.717, 1.165) is 38.9 Å². The molecule has 1 aromatic carbocycles. The van der Waals surface area contributed by atoms with Gasteiger partial charge in [0.25, 0.3) is 11.1 Å². The van der Waals surface area contributed by atoms with E-state index >= 15 is 0 Å². The number of nitrogens with zero attached hydrogens (tertiary/aromatic N) is 4. The number of fused-ring (bicyclic) bond motifs is 2. The van der Waals surface area contributed by atoms with Gasteiger partial charge in [0.05, 0.1) is 26.9 Å². The van der Waals surface area contributed by atoms with Crippen LogP contribution in [0, 0.1) is 5.92 Å². The molecule has 3 heterocycles. The Hall–Kier alpha value is -2.23. The molecular formula is C23H24N4O2S3. The minimum absolute atomic E-state index is 0.00193. The third-order valence-corrected chi connectivity index (χ3v) is 9.14. The predicted molar refractivity (Wildman–Crippen MR) is 130 cm³/mol. The second-order valence-corrected chi connectivity index (χ2v) is 11.4. The molecule has 1 aliphatic carbocycles. The average molecular weight is 485 g/mol. The van der Waals surface area contributed by atoms with Gasteiger partial charge in [-0.05, 0) is 55.9 Å². The summed E-state index contributed by atoms with van der Waals surface area (Å²) in [5.41, 5.74) is 2.38. The Morgan fingerprint density at radius 3 is 3.00 bits per heavy atom. The van der Waals surface area contributed by atoms with Crippen LogP contribution in [0.5, 0.6) is 0 Å². The van der Waals surface area contributed by atoms with E-state index in [1.165, 1.54) is 28.6 Å². The lowest BCUT2D eigenvalue weighted by molar-refractivity contribution is -0.128. The SMILES string of the molecule is C[C@@H]1CCc2sc(-c3nnc(SCC(=O)N(C)[C@@H](C)c4nc5ccccc5s4)o3)cc2C1. The molecule has 2 atom stereocenters. The number of amides is 1. The Kier molecular flexibility index (Phi) is 6.05. The van der Waals surface area contributed by atoms with Crippen LogP contribution in [0.25, 0.3) is 21.0 Å². The highest BCUT2D eigenvalue weighted by molar-refractivity contribution is 7.99. The zero-order chi connectivity index (χ0) is 22.2. The number of para-hydroxylation sites is 1. The summed E-state index contributed by atoms with van der Waals surface area (Å²) in [7, 11) is 1.82. The molecule has 3 aromatic heterocycles. The molecule has 0 bridgehead atoms. The fourth-order valence-electron chi connectivity index (χ4n) is 3.85. The maximum Gasteiger partial charge on any atom is 0.277 e. The number of thioether (sulfide) groups is 1. The van der Waals surface area contributed by atoms with Crippen LogP contribution in [0.2, 0.25) is 0 Å². The molecule has 0 spiro atoms. The van der Waals surface area contributed by atoms with E-state index in [4.69, 9.17) is 4.42 Å². The van der Waals surface area contributed by atoms with Crippen molar-refractivity contribution in [3.05, 3.63) is 45.8 Å². The highest BCUT2D eigenvalue weighted by atomic mass is 32.2. The number of thiazole rings is 1. The highest BCUT2D eigenvalue weighted by Gasteiger charge is 2.23. The molecule has 9 heteroatoms. The fourth-order valence-corrected chi connectivity index (χ4v) is 6.73. The van der Waals surface area contributed by atoms with Crippen LogP contribution in [-0.4, -0.2) is 38.8 Å². The van der Waals surface area contributed by atoms with Crippen LogP contribution >= 0.6 is 34.4 Å². The summed E-state index contributed by atoms with van der Waals surface area (Å²) < 4.78 is 6.99. The monoisotopic (exact) mass is 484 g/mol. The van der Waals surface area contributed by atoms with Crippen molar-refractivity contribution in [2.75, 3.05) is 12.8 Å². The van der Waals surface area contributed by atoms with Crippen molar-refractivity contribution in [2.45, 2.75) is 44.4 Å². The standard InChI is InChI=1S/C23H24N4O2S3/c1-13-8-9-17-15(10-13)11-19(31-17)21-25-26-23(29-21)30-12-20(28)27(3)14(2)22-24-16-6-4-5-7-18(16)32-22/h4-7,11,13-14H,8-10,12H2,1-3H3/t13-,14+/m1/s1. The van der Waals surface area contributed by atoms with E-state index in [1.54, 1.807) is 27.6 Å². The number of hydrogen-bond donors (Lipinski definition) is 0. The van der Waals surface area contributed by atoms with E-state index in [-0.39, 0.29) is 17.7 Å². The van der Waals surface area contributed by atoms with Gasteiger partial charge in [0, 0.05) is 11.9 Å². The minimum Gasteiger partial charge on any atom is -0.410 e. The molecule has 4 aromatic rings. The molecule has 0 N–H and O–H groups in total. The second kappa shape index (κ2) is 8.96. The average Bonchev–Trinajstić information content (AvgIpc) is 3.53. The Bertz CT molecular complexity index is 1230. The predicted octanol–water partition coefficient (Wildman–Crippen LogP) is 5.84. The third-order valence-electron chi connectivity index (χ3n) is 5.91. The molecule has 0 radical (unpaired) electrons. The molecular weight excluding hydrogens is 460 g/mol. The smallest absolute Gasteiger partial charge is 0.277 e. The first kappa shape index (κ1) is 21.6. The molecule has 166 valence electrons. The zero-order valence-corrected chi connectivity index (χ0v) is 20.6. The Labute approximate surface area is 199 Å². The summed E-state index contributed by atoms with van der Waals surface area (Å²) in [6, 6.07) is 10.1. The van der Waals surface area contributed by atoms with Crippen LogP contribution in [-0.2, 0) is 17.6 Å². The maximum absolute atomic E-state index is 12.8. The van der Waals surface area contributed by atoms with Crippen LogP contribution in [0.4, 0.5) is 0 Å². The van der Waals surface area contributed by atoms with Gasteiger partial charge in [-0.1, -0.05) is 30.8 Å². The molecule has 0 aliphatic heterocycles. The molecule has 0 saturated heterocycles. The van der Waals surface area contributed by atoms with Crippen molar-refractivity contribution in [3.8, 4) is 10.8 Å². The maximum atomic E-state index is 12.8. The van der Waals surface area contributed by atoms with Crippen molar-refractivity contribution in [1.82, 2.24) is 20.1 Å². The van der Waals surface area contributed by atoms with Crippen molar-refractivity contribution >= 4 is 50.6 Å². The first-order chi connectivity index (χ1) is 15.5. The minimum atomic E-state index is -0.0985.